The number of amides is 1. The predicted octanol–water partition coefficient (Wildman–Crippen LogP) is 4.91. The fourth-order valence-corrected chi connectivity index (χ4v) is 4.35. The van der Waals surface area contributed by atoms with E-state index >= 15 is 0 Å². The molecule has 2 aromatic heterocycles. The highest BCUT2D eigenvalue weighted by molar-refractivity contribution is 7.22. The van der Waals surface area contributed by atoms with Gasteiger partial charge in [0.05, 0.1) is 21.3 Å². The first kappa shape index (κ1) is 22.4. The number of nitrogens with zero attached hydrogens (tertiary/aromatic N) is 5. The Kier molecular flexibility index (Phi) is 7.20. The Morgan fingerprint density at radius 3 is 2.50 bits per heavy atom. The molecule has 156 valence electrons. The van der Waals surface area contributed by atoms with Crippen molar-refractivity contribution in [2.24, 2.45) is 0 Å². The molecule has 0 N–H and O–H groups in total. The summed E-state index contributed by atoms with van der Waals surface area (Å²) < 4.78 is 0.960. The van der Waals surface area contributed by atoms with Crippen LogP contribution < -0.4 is 4.90 Å². The number of carbonyl (C=O) groups excluding carboxylic acids is 1. The van der Waals surface area contributed by atoms with Crippen LogP contribution in [0.5, 0.6) is 0 Å². The fraction of sp³-hybridized carbons (Fsp3) is 0.238. The Bertz CT molecular complexity index is 1180. The number of hydrogen-bond donors (Lipinski definition) is 0. The summed E-state index contributed by atoms with van der Waals surface area (Å²) in [5, 5.41) is 1.33. The Morgan fingerprint density at radius 1 is 1.00 bits per heavy atom. The Balaban J connectivity index is 0.00000256. The minimum Gasteiger partial charge on any atom is -0.309 e. The number of hydrogen-bond acceptors (Lipinski definition) is 6. The monoisotopic (exact) mass is 461 g/mol. The van der Waals surface area contributed by atoms with E-state index in [2.05, 4.69) is 19.9 Å². The second kappa shape index (κ2) is 9.66. The van der Waals surface area contributed by atoms with Gasteiger partial charge in [0.15, 0.2) is 5.13 Å². The number of rotatable bonds is 6. The third-order valence-electron chi connectivity index (χ3n) is 4.52. The van der Waals surface area contributed by atoms with Crippen LogP contribution in [0.15, 0.2) is 48.8 Å². The number of thiazole rings is 1. The van der Waals surface area contributed by atoms with Crippen molar-refractivity contribution < 1.29 is 4.79 Å². The van der Waals surface area contributed by atoms with Crippen LogP contribution >= 0.6 is 35.3 Å². The van der Waals surface area contributed by atoms with Crippen LogP contribution in [0.1, 0.15) is 16.8 Å². The number of halogens is 2. The summed E-state index contributed by atoms with van der Waals surface area (Å²) in [6, 6.07) is 11.0. The first-order valence-electron chi connectivity index (χ1n) is 9.25. The number of aromatic nitrogens is 3. The molecular weight excluding hydrogens is 441 g/mol. The largest absolute Gasteiger partial charge is 0.309 e. The predicted molar refractivity (Wildman–Crippen MR) is 126 cm³/mol. The third kappa shape index (κ3) is 4.87. The van der Waals surface area contributed by atoms with Gasteiger partial charge in [-0.25, -0.2) is 4.98 Å². The summed E-state index contributed by atoms with van der Waals surface area (Å²) in [5.41, 5.74) is 2.87. The minimum atomic E-state index is -0.0959. The van der Waals surface area contributed by atoms with Crippen molar-refractivity contribution in [2.45, 2.75) is 6.42 Å². The van der Waals surface area contributed by atoms with E-state index in [0.29, 0.717) is 27.8 Å². The van der Waals surface area contributed by atoms with Crippen LogP contribution in [0, 0.1) is 0 Å². The maximum absolute atomic E-state index is 13.4. The maximum Gasteiger partial charge on any atom is 0.260 e. The molecule has 0 spiro atoms. The lowest BCUT2D eigenvalue weighted by molar-refractivity contribution is 0.0986. The molecule has 1 amide bonds. The van der Waals surface area contributed by atoms with Crippen molar-refractivity contribution in [2.75, 3.05) is 32.1 Å². The molecule has 0 aliphatic rings. The van der Waals surface area contributed by atoms with E-state index in [0.717, 1.165) is 28.7 Å². The topological polar surface area (TPSA) is 62.2 Å². The van der Waals surface area contributed by atoms with Crippen molar-refractivity contribution in [3.05, 3.63) is 59.4 Å². The summed E-state index contributed by atoms with van der Waals surface area (Å²) in [4.78, 5) is 30.5. The van der Waals surface area contributed by atoms with Crippen LogP contribution in [0.25, 0.3) is 21.3 Å². The summed E-state index contributed by atoms with van der Waals surface area (Å²) >= 11 is 7.59. The van der Waals surface area contributed by atoms with Crippen LogP contribution in [0.2, 0.25) is 5.02 Å². The lowest BCUT2D eigenvalue weighted by Crippen LogP contribution is -2.33. The van der Waals surface area contributed by atoms with E-state index < -0.39 is 0 Å². The van der Waals surface area contributed by atoms with Gasteiger partial charge in [-0.3, -0.25) is 19.7 Å². The number of benzene rings is 2. The highest BCUT2D eigenvalue weighted by Gasteiger charge is 2.22. The molecule has 6 nitrogen and oxygen atoms in total. The van der Waals surface area contributed by atoms with Crippen molar-refractivity contribution in [3.8, 4) is 0 Å². The molecule has 30 heavy (non-hydrogen) atoms. The minimum absolute atomic E-state index is 0. The van der Waals surface area contributed by atoms with Gasteiger partial charge in [0.2, 0.25) is 0 Å². The van der Waals surface area contributed by atoms with Gasteiger partial charge in [-0.2, -0.15) is 0 Å². The van der Waals surface area contributed by atoms with Gasteiger partial charge >= 0.3 is 0 Å². The quantitative estimate of drug-likeness (QED) is 0.407. The van der Waals surface area contributed by atoms with Crippen molar-refractivity contribution in [1.82, 2.24) is 19.9 Å². The summed E-state index contributed by atoms with van der Waals surface area (Å²) in [6.07, 6.45) is 4.11. The highest BCUT2D eigenvalue weighted by Crippen LogP contribution is 2.31. The van der Waals surface area contributed by atoms with Gasteiger partial charge in [0.1, 0.15) is 0 Å². The van der Waals surface area contributed by atoms with Gasteiger partial charge in [0.25, 0.3) is 5.91 Å². The van der Waals surface area contributed by atoms with E-state index in [1.54, 1.807) is 29.4 Å². The molecule has 0 atom stereocenters. The van der Waals surface area contributed by atoms with E-state index in [-0.39, 0.29) is 18.3 Å². The SMILES string of the molecule is CN(C)CCCN(C(=O)c1ccc2nccnc2c1)c1nc2ccc(Cl)cc2s1.Cl. The van der Waals surface area contributed by atoms with Gasteiger partial charge in [-0.1, -0.05) is 22.9 Å². The summed E-state index contributed by atoms with van der Waals surface area (Å²) in [6.45, 7) is 1.45. The molecule has 2 heterocycles. The molecule has 0 radical (unpaired) electrons. The van der Waals surface area contributed by atoms with Crippen LogP contribution in [-0.2, 0) is 0 Å². The highest BCUT2D eigenvalue weighted by atomic mass is 35.5. The molecule has 0 bridgehead atoms. The molecule has 4 rings (SSSR count). The fourth-order valence-electron chi connectivity index (χ4n) is 3.08. The normalized spacial score (nSPS) is 11.1. The molecule has 4 aromatic rings. The van der Waals surface area contributed by atoms with Gasteiger partial charge < -0.3 is 4.90 Å². The van der Waals surface area contributed by atoms with Gasteiger partial charge in [0, 0.05) is 29.5 Å². The second-order valence-corrected chi connectivity index (χ2v) is 8.43. The zero-order valence-electron chi connectivity index (χ0n) is 16.6. The third-order valence-corrected chi connectivity index (χ3v) is 5.79. The van der Waals surface area contributed by atoms with Crippen LogP contribution in [-0.4, -0.2) is 52.9 Å². The zero-order valence-corrected chi connectivity index (χ0v) is 19.0. The molecule has 9 heteroatoms. The molecule has 0 fully saturated rings. The number of fused-ring (bicyclic) bond motifs is 2. The molecule has 0 saturated heterocycles. The smallest absolute Gasteiger partial charge is 0.260 e. The second-order valence-electron chi connectivity index (χ2n) is 6.98. The molecule has 0 aliphatic heterocycles. The van der Waals surface area contributed by atoms with Gasteiger partial charge in [-0.15, -0.1) is 12.4 Å². The standard InChI is InChI=1S/C21H20ClN5OS.ClH/c1-26(2)10-3-11-27(21-25-17-7-5-15(22)13-19(17)29-21)20(28)14-4-6-16-18(12-14)24-9-8-23-16;/h4-9,12-13H,3,10-11H2,1-2H3;1H. The molecule has 2 aromatic carbocycles. The Labute approximate surface area is 189 Å². The van der Waals surface area contributed by atoms with E-state index in [9.17, 15) is 4.79 Å². The lowest BCUT2D eigenvalue weighted by atomic mass is 10.1. The van der Waals surface area contributed by atoms with Crippen molar-refractivity contribution in [1.29, 1.82) is 0 Å². The average Bonchev–Trinajstić information content (AvgIpc) is 3.13. The molecule has 0 aliphatic carbocycles. The molecule has 0 saturated carbocycles. The van der Waals surface area contributed by atoms with Crippen molar-refractivity contribution >= 4 is 67.6 Å². The average molecular weight is 462 g/mol. The van der Waals surface area contributed by atoms with Crippen LogP contribution in [0.4, 0.5) is 5.13 Å². The Hall–Kier alpha value is -2.32. The van der Waals surface area contributed by atoms with Crippen LogP contribution in [0.3, 0.4) is 0 Å². The van der Waals surface area contributed by atoms with E-state index in [1.807, 2.05) is 38.4 Å². The number of carbonyl (C=O) groups is 1. The van der Waals surface area contributed by atoms with Crippen molar-refractivity contribution in [3.63, 3.8) is 0 Å². The Morgan fingerprint density at radius 2 is 1.73 bits per heavy atom. The summed E-state index contributed by atoms with van der Waals surface area (Å²) in [7, 11) is 4.04. The molecule has 0 unspecified atom stereocenters. The summed E-state index contributed by atoms with van der Waals surface area (Å²) in [5.74, 6) is -0.0959. The zero-order chi connectivity index (χ0) is 20.4. The number of anilines is 1. The first-order chi connectivity index (χ1) is 14.0. The lowest BCUT2D eigenvalue weighted by Gasteiger charge is -2.21. The molecular formula is C21H21Cl2N5OS. The van der Waals surface area contributed by atoms with E-state index in [1.165, 1.54) is 11.3 Å². The van der Waals surface area contributed by atoms with E-state index in [4.69, 9.17) is 11.6 Å². The first-order valence-corrected chi connectivity index (χ1v) is 10.4. The van der Waals surface area contributed by atoms with Gasteiger partial charge in [-0.05, 0) is 63.5 Å². The maximum atomic E-state index is 13.4.